The number of hydrogen-bond donors (Lipinski definition) is 1. The summed E-state index contributed by atoms with van der Waals surface area (Å²) in [4.78, 5) is 12.2. The van der Waals surface area contributed by atoms with E-state index in [9.17, 15) is 24.2 Å². The fourth-order valence-corrected chi connectivity index (χ4v) is 2.68. The second-order valence-electron chi connectivity index (χ2n) is 4.52. The molecule has 2 rings (SSSR count). The highest BCUT2D eigenvalue weighted by Crippen LogP contribution is 3.02. The molecule has 0 aliphatic heterocycles. The monoisotopic (exact) mass is 329 g/mol. The number of aromatic amines is 1. The maximum absolute atomic E-state index is 12.8. The molecular weight excluding hydrogens is 317 g/mol. The van der Waals surface area contributed by atoms with Crippen LogP contribution in [0.2, 0.25) is 0 Å². The third kappa shape index (κ3) is 2.97. The van der Waals surface area contributed by atoms with E-state index in [2.05, 4.69) is 4.98 Å². The van der Waals surface area contributed by atoms with E-state index in [0.29, 0.717) is 6.07 Å². The van der Waals surface area contributed by atoms with Gasteiger partial charge in [0.25, 0.3) is 0 Å². The van der Waals surface area contributed by atoms with Crippen LogP contribution in [0, 0.1) is 6.92 Å². The first-order chi connectivity index (χ1) is 9.33. The number of esters is 1. The predicted molar refractivity (Wildman–Crippen MR) is 70.4 cm³/mol. The van der Waals surface area contributed by atoms with Crippen LogP contribution in [-0.4, -0.2) is 17.6 Å². The van der Waals surface area contributed by atoms with E-state index in [0.717, 1.165) is 6.07 Å². The van der Waals surface area contributed by atoms with Crippen molar-refractivity contribution in [2.75, 3.05) is 6.61 Å². The molecule has 0 radical (unpaired) electrons. The van der Waals surface area contributed by atoms with Gasteiger partial charge in [-0.05, 0) is 26.0 Å². The zero-order chi connectivity index (χ0) is 16.1. The van der Waals surface area contributed by atoms with E-state index in [1.807, 2.05) is 0 Å². The predicted octanol–water partition coefficient (Wildman–Crippen LogP) is 5.31. The highest BCUT2D eigenvalue weighted by Gasteiger charge is 2.65. The van der Waals surface area contributed by atoms with Gasteiger partial charge in [0.05, 0.1) is 12.2 Å². The number of rotatable bonds is 3. The van der Waals surface area contributed by atoms with E-state index >= 15 is 0 Å². The molecule has 21 heavy (non-hydrogen) atoms. The van der Waals surface area contributed by atoms with Gasteiger partial charge in [0, 0.05) is 16.6 Å². The SMILES string of the molecule is CCOC(=O)c1c(C)[nH]c2cc(S(F)(F)(F)(F)F)ccc12. The van der Waals surface area contributed by atoms with Gasteiger partial charge in [0.2, 0.25) is 0 Å². The Labute approximate surface area is 116 Å². The highest BCUT2D eigenvalue weighted by atomic mass is 32.5. The normalized spacial score (nSPS) is 15.6. The van der Waals surface area contributed by atoms with E-state index in [4.69, 9.17) is 4.74 Å². The van der Waals surface area contributed by atoms with Gasteiger partial charge in [0.15, 0.2) is 0 Å². The molecule has 0 aliphatic carbocycles. The summed E-state index contributed by atoms with van der Waals surface area (Å²) in [5.41, 5.74) is 0.101. The molecule has 0 atom stereocenters. The Bertz CT molecular complexity index is 736. The summed E-state index contributed by atoms with van der Waals surface area (Å²) in [5.74, 6) is -0.721. The van der Waals surface area contributed by atoms with E-state index in [1.165, 1.54) is 6.92 Å². The third-order valence-electron chi connectivity index (χ3n) is 2.88. The molecule has 2 aromatic rings. The number of carbonyl (C=O) groups is 1. The Kier molecular flexibility index (Phi) is 2.90. The number of aromatic nitrogens is 1. The molecule has 1 heterocycles. The van der Waals surface area contributed by atoms with Crippen LogP contribution < -0.4 is 0 Å². The first-order valence-electron chi connectivity index (χ1n) is 5.87. The molecule has 0 saturated heterocycles. The maximum Gasteiger partial charge on any atom is 0.340 e. The average molecular weight is 329 g/mol. The van der Waals surface area contributed by atoms with Gasteiger partial charge in [-0.3, -0.25) is 0 Å². The molecule has 0 spiro atoms. The van der Waals surface area contributed by atoms with Crippen molar-refractivity contribution in [3.05, 3.63) is 29.5 Å². The zero-order valence-corrected chi connectivity index (χ0v) is 11.9. The number of hydrogen-bond acceptors (Lipinski definition) is 2. The summed E-state index contributed by atoms with van der Waals surface area (Å²) in [6, 6.07) is 1.44. The van der Waals surface area contributed by atoms with Gasteiger partial charge in [-0.2, -0.15) is 0 Å². The number of ether oxygens (including phenoxy) is 1. The van der Waals surface area contributed by atoms with Gasteiger partial charge in [-0.1, -0.05) is 25.5 Å². The summed E-state index contributed by atoms with van der Waals surface area (Å²) in [7, 11) is -9.75. The molecule has 0 fully saturated rings. The minimum absolute atomic E-state index is 0.0422. The van der Waals surface area contributed by atoms with Crippen molar-refractivity contribution in [2.45, 2.75) is 18.7 Å². The minimum atomic E-state index is -9.75. The summed E-state index contributed by atoms with van der Waals surface area (Å²) in [5, 5.41) is 0.108. The van der Waals surface area contributed by atoms with Crippen LogP contribution in [0.1, 0.15) is 23.0 Å². The molecule has 118 valence electrons. The van der Waals surface area contributed by atoms with E-state index in [-0.39, 0.29) is 34.8 Å². The lowest BCUT2D eigenvalue weighted by Crippen LogP contribution is -2.06. The molecular formula is C12H12F5NO2S. The van der Waals surface area contributed by atoms with Crippen LogP contribution in [0.15, 0.2) is 23.1 Å². The fraction of sp³-hybridized carbons (Fsp3) is 0.250. The first kappa shape index (κ1) is 15.6. The van der Waals surface area contributed by atoms with Crippen LogP contribution in [0.4, 0.5) is 19.4 Å². The smallest absolute Gasteiger partial charge is 0.340 e. The molecule has 1 aromatic carbocycles. The van der Waals surface area contributed by atoms with Crippen molar-refractivity contribution in [1.82, 2.24) is 4.98 Å². The van der Waals surface area contributed by atoms with Gasteiger partial charge >= 0.3 is 16.2 Å². The van der Waals surface area contributed by atoms with Crippen molar-refractivity contribution in [3.63, 3.8) is 0 Å². The lowest BCUT2D eigenvalue weighted by atomic mass is 10.1. The van der Waals surface area contributed by atoms with Crippen LogP contribution in [0.3, 0.4) is 0 Å². The van der Waals surface area contributed by atoms with E-state index < -0.39 is 21.1 Å². The van der Waals surface area contributed by atoms with Crippen LogP contribution in [0.25, 0.3) is 10.9 Å². The largest absolute Gasteiger partial charge is 0.462 e. The van der Waals surface area contributed by atoms with Crippen molar-refractivity contribution < 1.29 is 29.0 Å². The molecule has 9 heteroatoms. The quantitative estimate of drug-likeness (QED) is 0.612. The van der Waals surface area contributed by atoms with Crippen molar-refractivity contribution in [3.8, 4) is 0 Å². The van der Waals surface area contributed by atoms with Gasteiger partial charge in [-0.15, -0.1) is 0 Å². The lowest BCUT2D eigenvalue weighted by Gasteiger charge is -2.40. The molecule has 0 amide bonds. The number of nitrogens with one attached hydrogen (secondary N) is 1. The third-order valence-corrected chi connectivity index (χ3v) is 4.03. The fourth-order valence-electron chi connectivity index (χ4n) is 2.02. The number of fused-ring (bicyclic) bond motifs is 1. The highest BCUT2D eigenvalue weighted by molar-refractivity contribution is 8.45. The molecule has 0 bridgehead atoms. The van der Waals surface area contributed by atoms with Crippen LogP contribution in [0.5, 0.6) is 0 Å². The first-order valence-corrected chi connectivity index (χ1v) is 7.82. The Morgan fingerprint density at radius 2 is 1.86 bits per heavy atom. The number of benzene rings is 1. The number of carbonyl (C=O) groups excluding carboxylic acids is 1. The number of H-pyrrole nitrogens is 1. The number of aryl methyl sites for hydroxylation is 1. The Morgan fingerprint density at radius 1 is 1.24 bits per heavy atom. The Morgan fingerprint density at radius 3 is 2.38 bits per heavy atom. The maximum atomic E-state index is 12.8. The van der Waals surface area contributed by atoms with Crippen molar-refractivity contribution in [1.29, 1.82) is 0 Å². The molecule has 0 aliphatic rings. The van der Waals surface area contributed by atoms with Gasteiger partial charge in [-0.25, -0.2) is 4.79 Å². The number of halogens is 5. The van der Waals surface area contributed by atoms with Crippen LogP contribution >= 0.6 is 10.2 Å². The standard InChI is InChI=1S/C12H12F5NO2S/c1-3-20-12(19)11-7(2)18-10-6-8(4-5-9(10)11)21(13,14,15,16)17/h4-6,18H,3H2,1-2H3. The summed E-state index contributed by atoms with van der Waals surface area (Å²) < 4.78 is 68.6. The Balaban J connectivity index is 2.67. The minimum Gasteiger partial charge on any atom is -0.462 e. The second kappa shape index (κ2) is 3.90. The zero-order valence-electron chi connectivity index (χ0n) is 11.1. The van der Waals surface area contributed by atoms with E-state index in [1.54, 1.807) is 6.92 Å². The molecule has 0 saturated carbocycles. The summed E-state index contributed by atoms with van der Waals surface area (Å²) >= 11 is 0. The van der Waals surface area contributed by atoms with Crippen molar-refractivity contribution in [2.24, 2.45) is 0 Å². The Hall–Kier alpha value is -1.77. The summed E-state index contributed by atoms with van der Waals surface area (Å²) in [6.45, 7) is 3.12. The van der Waals surface area contributed by atoms with Gasteiger partial charge < -0.3 is 9.72 Å². The van der Waals surface area contributed by atoms with Gasteiger partial charge in [0.1, 0.15) is 4.90 Å². The molecule has 0 unspecified atom stereocenters. The van der Waals surface area contributed by atoms with Crippen molar-refractivity contribution >= 4 is 27.1 Å². The molecule has 1 aromatic heterocycles. The topological polar surface area (TPSA) is 42.1 Å². The second-order valence-corrected chi connectivity index (χ2v) is 6.93. The lowest BCUT2D eigenvalue weighted by molar-refractivity contribution is 0.0528. The molecule has 1 N–H and O–H groups in total. The molecule has 3 nitrogen and oxygen atoms in total. The average Bonchev–Trinajstić information content (AvgIpc) is 2.61. The summed E-state index contributed by atoms with van der Waals surface area (Å²) in [6.07, 6.45) is 0. The van der Waals surface area contributed by atoms with Crippen LogP contribution in [-0.2, 0) is 4.74 Å².